The maximum atomic E-state index is 13.0. The van der Waals surface area contributed by atoms with Crippen molar-refractivity contribution in [2.24, 2.45) is 5.92 Å². The maximum Gasteiger partial charge on any atom is 0.328 e. The van der Waals surface area contributed by atoms with Crippen LogP contribution in [-0.4, -0.2) is 24.5 Å². The van der Waals surface area contributed by atoms with Crippen LogP contribution >= 0.6 is 0 Å². The molecule has 1 aliphatic carbocycles. The predicted molar refractivity (Wildman–Crippen MR) is 96.0 cm³/mol. The van der Waals surface area contributed by atoms with E-state index in [0.717, 1.165) is 11.1 Å². The maximum absolute atomic E-state index is 13.0. The molecule has 3 rings (SSSR count). The smallest absolute Gasteiger partial charge is 0.328 e. The number of hydrogen-bond acceptors (Lipinski definition) is 3. The predicted octanol–water partition coefficient (Wildman–Crippen LogP) is 3.22. The summed E-state index contributed by atoms with van der Waals surface area (Å²) in [7, 11) is 0. The van der Waals surface area contributed by atoms with Crippen LogP contribution in [0.5, 0.6) is 0 Å². The van der Waals surface area contributed by atoms with E-state index in [0.29, 0.717) is 12.8 Å². The van der Waals surface area contributed by atoms with Crippen LogP contribution < -0.4 is 5.32 Å². The number of carbonyl (C=O) groups is 2. The van der Waals surface area contributed by atoms with Crippen LogP contribution in [0.15, 0.2) is 54.6 Å². The van der Waals surface area contributed by atoms with E-state index in [2.05, 4.69) is 5.32 Å². The van der Waals surface area contributed by atoms with Gasteiger partial charge in [-0.05, 0) is 42.5 Å². The van der Waals surface area contributed by atoms with Crippen LogP contribution in [-0.2, 0) is 20.7 Å². The first-order valence-electron chi connectivity index (χ1n) is 8.85. The number of nitrogens with one attached hydrogen (secondary N) is 1. The van der Waals surface area contributed by atoms with Gasteiger partial charge in [-0.15, -0.1) is 0 Å². The van der Waals surface area contributed by atoms with Crippen molar-refractivity contribution in [1.29, 1.82) is 0 Å². The average molecular weight is 355 g/mol. The van der Waals surface area contributed by atoms with Crippen molar-refractivity contribution >= 4 is 11.9 Å². The van der Waals surface area contributed by atoms with Crippen molar-refractivity contribution in [3.05, 3.63) is 71.5 Å². The highest BCUT2D eigenvalue weighted by Gasteiger charge is 2.44. The Morgan fingerprint density at radius 2 is 1.85 bits per heavy atom. The summed E-state index contributed by atoms with van der Waals surface area (Å²) in [5.41, 5.74) is 1.90. The first kappa shape index (κ1) is 18.1. The molecule has 26 heavy (non-hydrogen) atoms. The minimum atomic E-state index is -0.709. The molecule has 4 nitrogen and oxygen atoms in total. The zero-order valence-corrected chi connectivity index (χ0v) is 14.7. The summed E-state index contributed by atoms with van der Waals surface area (Å²) in [6.45, 7) is 2.01. The van der Waals surface area contributed by atoms with Crippen molar-refractivity contribution in [2.75, 3.05) is 6.61 Å². The molecule has 5 heteroatoms. The van der Waals surface area contributed by atoms with Crippen molar-refractivity contribution < 1.29 is 18.7 Å². The van der Waals surface area contributed by atoms with Gasteiger partial charge in [-0.3, -0.25) is 4.79 Å². The zero-order valence-electron chi connectivity index (χ0n) is 14.7. The molecular weight excluding hydrogens is 333 g/mol. The van der Waals surface area contributed by atoms with Crippen LogP contribution in [0, 0.1) is 11.7 Å². The lowest BCUT2D eigenvalue weighted by Gasteiger charge is -2.17. The van der Waals surface area contributed by atoms with Gasteiger partial charge in [0.25, 0.3) is 0 Å². The van der Waals surface area contributed by atoms with Gasteiger partial charge in [-0.1, -0.05) is 42.5 Å². The molecule has 0 radical (unpaired) electrons. The van der Waals surface area contributed by atoms with Gasteiger partial charge in [0.2, 0.25) is 5.91 Å². The monoisotopic (exact) mass is 355 g/mol. The highest BCUT2D eigenvalue weighted by Crippen LogP contribution is 2.47. The first-order chi connectivity index (χ1) is 12.6. The SMILES string of the molecule is CCOC(=O)C(Cc1ccccc1)NC(=O)C1CC1c1ccc(F)cc1. The molecule has 0 bridgehead atoms. The third-order valence-electron chi connectivity index (χ3n) is 4.60. The summed E-state index contributed by atoms with van der Waals surface area (Å²) in [6.07, 6.45) is 1.09. The number of amides is 1. The number of rotatable bonds is 7. The van der Waals surface area contributed by atoms with Crippen molar-refractivity contribution in [2.45, 2.75) is 31.7 Å². The molecule has 1 amide bonds. The van der Waals surface area contributed by atoms with Gasteiger partial charge in [-0.25, -0.2) is 9.18 Å². The largest absolute Gasteiger partial charge is 0.464 e. The zero-order chi connectivity index (χ0) is 18.5. The molecule has 0 aromatic heterocycles. The lowest BCUT2D eigenvalue weighted by molar-refractivity contribution is -0.147. The van der Waals surface area contributed by atoms with Crippen LogP contribution in [0.25, 0.3) is 0 Å². The number of halogens is 1. The molecule has 136 valence electrons. The number of hydrogen-bond donors (Lipinski definition) is 1. The molecular formula is C21H22FNO3. The van der Waals surface area contributed by atoms with E-state index in [-0.39, 0.29) is 30.2 Å². The number of esters is 1. The average Bonchev–Trinajstić information content (AvgIpc) is 3.44. The molecule has 1 aliphatic rings. The highest BCUT2D eigenvalue weighted by molar-refractivity contribution is 5.88. The van der Waals surface area contributed by atoms with E-state index >= 15 is 0 Å². The first-order valence-corrected chi connectivity index (χ1v) is 8.85. The lowest BCUT2D eigenvalue weighted by Crippen LogP contribution is -2.44. The minimum Gasteiger partial charge on any atom is -0.464 e. The fourth-order valence-electron chi connectivity index (χ4n) is 3.13. The number of carbonyl (C=O) groups excluding carboxylic acids is 2. The summed E-state index contributed by atoms with van der Waals surface area (Å²) in [5, 5.41) is 2.84. The van der Waals surface area contributed by atoms with Gasteiger partial charge in [-0.2, -0.15) is 0 Å². The molecule has 0 spiro atoms. The van der Waals surface area contributed by atoms with Crippen molar-refractivity contribution in [3.63, 3.8) is 0 Å². The Balaban J connectivity index is 1.63. The summed E-state index contributed by atoms with van der Waals surface area (Å²) in [4.78, 5) is 24.8. The van der Waals surface area contributed by atoms with E-state index in [1.165, 1.54) is 12.1 Å². The molecule has 1 fully saturated rings. The van der Waals surface area contributed by atoms with Gasteiger partial charge in [0, 0.05) is 12.3 Å². The third kappa shape index (κ3) is 4.48. The molecule has 1 N–H and O–H groups in total. The molecule has 3 unspecified atom stereocenters. The summed E-state index contributed by atoms with van der Waals surface area (Å²) < 4.78 is 18.1. The fourth-order valence-corrected chi connectivity index (χ4v) is 3.13. The molecule has 3 atom stereocenters. The topological polar surface area (TPSA) is 55.4 Å². The lowest BCUT2D eigenvalue weighted by atomic mass is 10.1. The molecule has 0 saturated heterocycles. The molecule has 0 heterocycles. The second-order valence-electron chi connectivity index (χ2n) is 6.50. The Morgan fingerprint density at radius 1 is 1.15 bits per heavy atom. The van der Waals surface area contributed by atoms with E-state index in [1.54, 1.807) is 19.1 Å². The summed E-state index contributed by atoms with van der Waals surface area (Å²) in [5.74, 6) is -0.985. The normalized spacial score (nSPS) is 19.5. The fraction of sp³-hybridized carbons (Fsp3) is 0.333. The van der Waals surface area contributed by atoms with Crippen LogP contribution in [0.3, 0.4) is 0 Å². The molecule has 1 saturated carbocycles. The molecule has 0 aliphatic heterocycles. The second-order valence-corrected chi connectivity index (χ2v) is 6.50. The van der Waals surface area contributed by atoms with E-state index < -0.39 is 12.0 Å². The van der Waals surface area contributed by atoms with E-state index in [9.17, 15) is 14.0 Å². The van der Waals surface area contributed by atoms with Gasteiger partial charge < -0.3 is 10.1 Å². The summed E-state index contributed by atoms with van der Waals surface area (Å²) in [6, 6.07) is 15.0. The van der Waals surface area contributed by atoms with Gasteiger partial charge in [0.05, 0.1) is 6.61 Å². The highest BCUT2D eigenvalue weighted by atomic mass is 19.1. The summed E-state index contributed by atoms with van der Waals surface area (Å²) >= 11 is 0. The van der Waals surface area contributed by atoms with E-state index in [4.69, 9.17) is 4.74 Å². The quantitative estimate of drug-likeness (QED) is 0.776. The van der Waals surface area contributed by atoms with E-state index in [1.807, 2.05) is 30.3 Å². The number of ether oxygens (including phenoxy) is 1. The van der Waals surface area contributed by atoms with Crippen LogP contribution in [0.2, 0.25) is 0 Å². The van der Waals surface area contributed by atoms with Crippen molar-refractivity contribution in [3.8, 4) is 0 Å². The Morgan fingerprint density at radius 3 is 2.50 bits per heavy atom. The third-order valence-corrected chi connectivity index (χ3v) is 4.60. The Labute approximate surface area is 152 Å². The van der Waals surface area contributed by atoms with Gasteiger partial charge in [0.15, 0.2) is 0 Å². The standard InChI is InChI=1S/C21H22FNO3/c1-2-26-21(25)19(12-14-6-4-3-5-7-14)23-20(24)18-13-17(18)15-8-10-16(22)11-9-15/h3-11,17-19H,2,12-13H2,1H3,(H,23,24). The molecule has 2 aromatic carbocycles. The van der Waals surface area contributed by atoms with Gasteiger partial charge >= 0.3 is 5.97 Å². The Bertz CT molecular complexity index is 761. The van der Waals surface area contributed by atoms with Gasteiger partial charge in [0.1, 0.15) is 11.9 Å². The molecule has 2 aromatic rings. The second kappa shape index (κ2) is 8.13. The van der Waals surface area contributed by atoms with Crippen LogP contribution in [0.4, 0.5) is 4.39 Å². The number of benzene rings is 2. The van der Waals surface area contributed by atoms with Crippen molar-refractivity contribution in [1.82, 2.24) is 5.32 Å². The minimum absolute atomic E-state index is 0.0789. The Kier molecular flexibility index (Phi) is 5.66. The van der Waals surface area contributed by atoms with Crippen LogP contribution in [0.1, 0.15) is 30.4 Å². The Hall–Kier alpha value is -2.69.